The highest BCUT2D eigenvalue weighted by Gasteiger charge is 2.12. The van der Waals surface area contributed by atoms with Gasteiger partial charge in [-0.1, -0.05) is 18.2 Å². The second-order valence-corrected chi connectivity index (χ2v) is 5.87. The van der Waals surface area contributed by atoms with E-state index in [0.717, 1.165) is 28.0 Å². The molecule has 124 valence electrons. The van der Waals surface area contributed by atoms with E-state index < -0.39 is 0 Å². The highest BCUT2D eigenvalue weighted by molar-refractivity contribution is 5.96. The number of carbonyl (C=O) groups is 1. The molecule has 25 heavy (non-hydrogen) atoms. The van der Waals surface area contributed by atoms with Gasteiger partial charge in [-0.2, -0.15) is 0 Å². The summed E-state index contributed by atoms with van der Waals surface area (Å²) in [5.41, 5.74) is 3.77. The molecule has 3 heterocycles. The molecule has 1 amide bonds. The number of amides is 1. The Hall–Kier alpha value is -3.41. The van der Waals surface area contributed by atoms with Gasteiger partial charge in [-0.3, -0.25) is 9.36 Å². The van der Waals surface area contributed by atoms with E-state index in [2.05, 4.69) is 20.3 Å². The van der Waals surface area contributed by atoms with Crippen molar-refractivity contribution < 1.29 is 4.79 Å². The molecule has 0 unspecified atom stereocenters. The predicted molar refractivity (Wildman–Crippen MR) is 96.7 cm³/mol. The van der Waals surface area contributed by atoms with Crippen LogP contribution >= 0.6 is 0 Å². The molecule has 2 N–H and O–H groups in total. The number of anilines is 1. The standard InChI is InChI=1S/C19H17N5O/c1-13-16(15-4-2-3-5-17(15)22-13)10-19(25)23-14-6-7-18(21-11-14)24-9-8-20-12-24/h2-9,11-12,22H,10H2,1H3,(H,23,25). The zero-order valence-electron chi connectivity index (χ0n) is 13.7. The molecule has 0 atom stereocenters. The van der Waals surface area contributed by atoms with Gasteiger partial charge in [0.05, 0.1) is 18.3 Å². The van der Waals surface area contributed by atoms with E-state index in [9.17, 15) is 4.79 Å². The molecule has 0 saturated heterocycles. The number of imidazole rings is 1. The van der Waals surface area contributed by atoms with Crippen molar-refractivity contribution in [2.75, 3.05) is 5.32 Å². The smallest absolute Gasteiger partial charge is 0.228 e. The van der Waals surface area contributed by atoms with Gasteiger partial charge < -0.3 is 10.3 Å². The molecule has 0 fully saturated rings. The van der Waals surface area contributed by atoms with Crippen molar-refractivity contribution in [1.29, 1.82) is 0 Å². The summed E-state index contributed by atoms with van der Waals surface area (Å²) in [6.07, 6.45) is 7.16. The molecule has 1 aromatic carbocycles. The van der Waals surface area contributed by atoms with E-state index >= 15 is 0 Å². The second-order valence-electron chi connectivity index (χ2n) is 5.87. The number of aromatic amines is 1. The van der Waals surface area contributed by atoms with Crippen molar-refractivity contribution >= 4 is 22.5 Å². The minimum atomic E-state index is -0.0648. The SMILES string of the molecule is Cc1[nH]c2ccccc2c1CC(=O)Nc1ccc(-n2ccnc2)nc1. The number of carbonyl (C=O) groups excluding carboxylic acids is 1. The van der Waals surface area contributed by atoms with Crippen LogP contribution in [0.2, 0.25) is 0 Å². The zero-order chi connectivity index (χ0) is 17.2. The summed E-state index contributed by atoms with van der Waals surface area (Å²) in [5, 5.41) is 3.99. The highest BCUT2D eigenvalue weighted by Crippen LogP contribution is 2.22. The van der Waals surface area contributed by atoms with Gasteiger partial charge in [0.15, 0.2) is 0 Å². The number of para-hydroxylation sites is 1. The fourth-order valence-corrected chi connectivity index (χ4v) is 2.94. The van der Waals surface area contributed by atoms with Crippen molar-refractivity contribution in [2.45, 2.75) is 13.3 Å². The lowest BCUT2D eigenvalue weighted by Crippen LogP contribution is -2.15. The summed E-state index contributed by atoms with van der Waals surface area (Å²) < 4.78 is 1.81. The first-order valence-corrected chi connectivity index (χ1v) is 8.01. The molecule has 0 aliphatic rings. The maximum atomic E-state index is 12.4. The number of fused-ring (bicyclic) bond motifs is 1. The lowest BCUT2D eigenvalue weighted by molar-refractivity contribution is -0.115. The number of H-pyrrole nitrogens is 1. The molecule has 4 aromatic rings. The maximum Gasteiger partial charge on any atom is 0.228 e. The van der Waals surface area contributed by atoms with Crippen LogP contribution in [0.4, 0.5) is 5.69 Å². The molecule has 0 aliphatic heterocycles. The molecule has 0 radical (unpaired) electrons. The van der Waals surface area contributed by atoms with Crippen LogP contribution in [0.25, 0.3) is 16.7 Å². The van der Waals surface area contributed by atoms with Crippen LogP contribution in [-0.4, -0.2) is 25.4 Å². The highest BCUT2D eigenvalue weighted by atomic mass is 16.1. The van der Waals surface area contributed by atoms with Crippen molar-refractivity contribution in [3.8, 4) is 5.82 Å². The van der Waals surface area contributed by atoms with Crippen molar-refractivity contribution in [3.05, 3.63) is 72.6 Å². The van der Waals surface area contributed by atoms with Crippen LogP contribution in [0.1, 0.15) is 11.3 Å². The summed E-state index contributed by atoms with van der Waals surface area (Å²) in [5.74, 6) is 0.688. The molecule has 4 rings (SSSR count). The Labute approximate surface area is 144 Å². The topological polar surface area (TPSA) is 75.6 Å². The lowest BCUT2D eigenvalue weighted by atomic mass is 10.1. The number of benzene rings is 1. The number of aromatic nitrogens is 4. The van der Waals surface area contributed by atoms with Crippen LogP contribution in [0, 0.1) is 6.92 Å². The number of pyridine rings is 1. The average molecular weight is 331 g/mol. The van der Waals surface area contributed by atoms with Crippen LogP contribution in [-0.2, 0) is 11.2 Å². The Bertz CT molecular complexity index is 1020. The van der Waals surface area contributed by atoms with E-state index in [1.54, 1.807) is 23.3 Å². The normalized spacial score (nSPS) is 10.9. The largest absolute Gasteiger partial charge is 0.358 e. The van der Waals surface area contributed by atoms with Crippen molar-refractivity contribution in [3.63, 3.8) is 0 Å². The number of hydrogen-bond donors (Lipinski definition) is 2. The van der Waals surface area contributed by atoms with Gasteiger partial charge in [0.25, 0.3) is 0 Å². The summed E-state index contributed by atoms with van der Waals surface area (Å²) >= 11 is 0. The minimum absolute atomic E-state index is 0.0648. The van der Waals surface area contributed by atoms with E-state index in [1.165, 1.54) is 0 Å². The molecule has 6 heteroatoms. The van der Waals surface area contributed by atoms with Gasteiger partial charge in [0, 0.05) is 29.0 Å². The third-order valence-electron chi connectivity index (χ3n) is 4.16. The third-order valence-corrected chi connectivity index (χ3v) is 4.16. The van der Waals surface area contributed by atoms with Gasteiger partial charge in [-0.15, -0.1) is 0 Å². The average Bonchev–Trinajstić information content (AvgIpc) is 3.25. The van der Waals surface area contributed by atoms with Gasteiger partial charge in [0.2, 0.25) is 5.91 Å². The molecule has 6 nitrogen and oxygen atoms in total. The summed E-state index contributed by atoms with van der Waals surface area (Å²) in [6, 6.07) is 11.7. The van der Waals surface area contributed by atoms with E-state index in [-0.39, 0.29) is 5.91 Å². The minimum Gasteiger partial charge on any atom is -0.358 e. The first kappa shape index (κ1) is 15.1. The summed E-state index contributed by atoms with van der Waals surface area (Å²) in [7, 11) is 0. The number of hydrogen-bond acceptors (Lipinski definition) is 3. The quantitative estimate of drug-likeness (QED) is 0.603. The third kappa shape index (κ3) is 3.01. The van der Waals surface area contributed by atoms with Gasteiger partial charge in [0.1, 0.15) is 12.1 Å². The molecule has 0 saturated carbocycles. The molecule has 0 bridgehead atoms. The number of aryl methyl sites for hydroxylation is 1. The first-order valence-electron chi connectivity index (χ1n) is 8.01. The van der Waals surface area contributed by atoms with Gasteiger partial charge >= 0.3 is 0 Å². The molecular formula is C19H17N5O. The molecule has 0 aliphatic carbocycles. The van der Waals surface area contributed by atoms with Crippen molar-refractivity contribution in [1.82, 2.24) is 19.5 Å². The molecular weight excluding hydrogens is 314 g/mol. The van der Waals surface area contributed by atoms with E-state index in [4.69, 9.17) is 0 Å². The lowest BCUT2D eigenvalue weighted by Gasteiger charge is -2.07. The van der Waals surface area contributed by atoms with Crippen LogP contribution in [0.5, 0.6) is 0 Å². The number of nitrogens with one attached hydrogen (secondary N) is 2. The molecule has 3 aromatic heterocycles. The second kappa shape index (κ2) is 6.24. The first-order chi connectivity index (χ1) is 12.2. The Balaban J connectivity index is 1.49. The number of nitrogens with zero attached hydrogens (tertiary/aromatic N) is 3. The van der Waals surface area contributed by atoms with Crippen molar-refractivity contribution in [2.24, 2.45) is 0 Å². The maximum absolute atomic E-state index is 12.4. The van der Waals surface area contributed by atoms with Gasteiger partial charge in [-0.25, -0.2) is 9.97 Å². The van der Waals surface area contributed by atoms with Crippen LogP contribution in [0.15, 0.2) is 61.3 Å². The Morgan fingerprint density at radius 2 is 2.12 bits per heavy atom. The Morgan fingerprint density at radius 1 is 1.24 bits per heavy atom. The summed E-state index contributed by atoms with van der Waals surface area (Å²) in [4.78, 5) is 24.1. The van der Waals surface area contributed by atoms with Crippen LogP contribution < -0.4 is 5.32 Å². The molecule has 0 spiro atoms. The Morgan fingerprint density at radius 3 is 2.88 bits per heavy atom. The monoisotopic (exact) mass is 331 g/mol. The van der Waals surface area contributed by atoms with Gasteiger partial charge in [-0.05, 0) is 30.7 Å². The fourth-order valence-electron chi connectivity index (χ4n) is 2.94. The number of rotatable bonds is 4. The fraction of sp³-hybridized carbons (Fsp3) is 0.105. The van der Waals surface area contributed by atoms with Crippen LogP contribution in [0.3, 0.4) is 0 Å². The summed E-state index contributed by atoms with van der Waals surface area (Å²) in [6.45, 7) is 1.99. The predicted octanol–water partition coefficient (Wildman–Crippen LogP) is 3.24. The van der Waals surface area contributed by atoms with E-state index in [1.807, 2.05) is 49.5 Å². The Kier molecular flexibility index (Phi) is 3.78. The van der Waals surface area contributed by atoms with E-state index in [0.29, 0.717) is 12.1 Å². The zero-order valence-corrected chi connectivity index (χ0v) is 13.7.